The van der Waals surface area contributed by atoms with Crippen LogP contribution >= 0.6 is 11.6 Å². The molecule has 0 saturated carbocycles. The Bertz CT molecular complexity index is 171. The fourth-order valence-corrected chi connectivity index (χ4v) is 0.702. The molecule has 0 aromatic carbocycles. The maximum Gasteiger partial charge on any atom is 0.127 e. The Balaban J connectivity index is 2.92. The van der Waals surface area contributed by atoms with Crippen LogP contribution in [0.25, 0.3) is 0 Å². The van der Waals surface area contributed by atoms with Gasteiger partial charge in [0.1, 0.15) is 11.3 Å². The normalized spacial score (nSPS) is 9.75. The molecule has 2 nitrogen and oxygen atoms in total. The first-order valence-corrected chi connectivity index (χ1v) is 2.81. The zero-order valence-electron chi connectivity index (χ0n) is 4.56. The van der Waals surface area contributed by atoms with Crippen LogP contribution in [0.1, 0.15) is 6.92 Å². The highest BCUT2D eigenvalue weighted by molar-refractivity contribution is 6.29. The minimum absolute atomic E-state index is 0.646. The van der Waals surface area contributed by atoms with Crippen molar-refractivity contribution in [1.29, 1.82) is 0 Å². The molecule has 3 heteroatoms. The summed E-state index contributed by atoms with van der Waals surface area (Å²) in [6.45, 7) is 2.79. The van der Waals surface area contributed by atoms with Crippen LogP contribution < -0.4 is 0 Å². The highest BCUT2D eigenvalue weighted by Crippen LogP contribution is 2.03. The van der Waals surface area contributed by atoms with Crippen molar-refractivity contribution in [2.24, 2.45) is 0 Å². The molecule has 1 aromatic heterocycles. The first-order chi connectivity index (χ1) is 3.84. The molecule has 0 aliphatic heterocycles. The second kappa shape index (κ2) is 2.18. The largest absolute Gasteiger partial charge is 0.254 e. The zero-order valence-corrected chi connectivity index (χ0v) is 5.31. The molecule has 0 unspecified atom stereocenters. The third-order valence-corrected chi connectivity index (χ3v) is 1.21. The van der Waals surface area contributed by atoms with Gasteiger partial charge in [0.25, 0.3) is 0 Å². The second-order valence-electron chi connectivity index (χ2n) is 1.41. The van der Waals surface area contributed by atoms with Gasteiger partial charge in [0.2, 0.25) is 0 Å². The van der Waals surface area contributed by atoms with Crippen LogP contribution in [0.5, 0.6) is 0 Å². The van der Waals surface area contributed by atoms with Gasteiger partial charge in [-0.1, -0.05) is 11.6 Å². The van der Waals surface area contributed by atoms with Gasteiger partial charge in [0, 0.05) is 12.6 Å². The van der Waals surface area contributed by atoms with Crippen LogP contribution in [0.4, 0.5) is 0 Å². The van der Waals surface area contributed by atoms with Gasteiger partial charge in [-0.3, -0.25) is 4.68 Å². The Morgan fingerprint density at radius 2 is 2.75 bits per heavy atom. The summed E-state index contributed by atoms with van der Waals surface area (Å²) in [5, 5.41) is 4.44. The quantitative estimate of drug-likeness (QED) is 0.560. The van der Waals surface area contributed by atoms with E-state index < -0.39 is 0 Å². The SMILES string of the molecule is CCn1n[c]cc1Cl. The molecule has 1 rings (SSSR count). The average Bonchev–Trinajstić information content (AvgIpc) is 2.14. The Morgan fingerprint density at radius 3 is 3.00 bits per heavy atom. The van der Waals surface area contributed by atoms with Crippen molar-refractivity contribution in [2.75, 3.05) is 0 Å². The molecular weight excluding hydrogens is 124 g/mol. The molecule has 0 aliphatic rings. The number of rotatable bonds is 1. The number of halogens is 1. The predicted octanol–water partition coefficient (Wildman–Crippen LogP) is 1.36. The second-order valence-corrected chi connectivity index (χ2v) is 1.80. The molecular formula is C5H6ClN2. The van der Waals surface area contributed by atoms with E-state index in [0.717, 1.165) is 6.54 Å². The number of aromatic nitrogens is 2. The lowest BCUT2D eigenvalue weighted by molar-refractivity contribution is 0.659. The number of hydrogen-bond acceptors (Lipinski definition) is 1. The van der Waals surface area contributed by atoms with Crippen LogP contribution in [0.2, 0.25) is 5.15 Å². The van der Waals surface area contributed by atoms with Crippen LogP contribution in [0.15, 0.2) is 6.07 Å². The smallest absolute Gasteiger partial charge is 0.127 e. The standard InChI is InChI=1S/C5H6ClN2/c1-2-8-5(6)3-4-7-8/h3H,2H2,1H3. The number of nitrogens with zero attached hydrogens (tertiary/aromatic N) is 2. The molecule has 0 N–H and O–H groups in total. The van der Waals surface area contributed by atoms with Gasteiger partial charge in [-0.05, 0) is 6.92 Å². The van der Waals surface area contributed by atoms with Crippen molar-refractivity contribution in [3.63, 3.8) is 0 Å². The van der Waals surface area contributed by atoms with Gasteiger partial charge in [-0.2, -0.15) is 5.10 Å². The lowest BCUT2D eigenvalue weighted by Gasteiger charge is -1.92. The summed E-state index contributed by atoms with van der Waals surface area (Å²) >= 11 is 5.61. The van der Waals surface area contributed by atoms with Crippen molar-refractivity contribution < 1.29 is 0 Å². The predicted molar refractivity (Wildman–Crippen MR) is 31.7 cm³/mol. The number of aryl methyl sites for hydroxylation is 1. The molecule has 0 bridgehead atoms. The summed E-state index contributed by atoms with van der Waals surface area (Å²) in [7, 11) is 0. The third-order valence-electron chi connectivity index (χ3n) is 0.908. The van der Waals surface area contributed by atoms with Gasteiger partial charge < -0.3 is 0 Å². The van der Waals surface area contributed by atoms with E-state index in [2.05, 4.69) is 11.3 Å². The van der Waals surface area contributed by atoms with Crippen molar-refractivity contribution in [2.45, 2.75) is 13.5 Å². The molecule has 0 fully saturated rings. The summed E-state index contributed by atoms with van der Waals surface area (Å²) in [5.41, 5.74) is 0. The van der Waals surface area contributed by atoms with Gasteiger partial charge in [0.15, 0.2) is 0 Å². The summed E-state index contributed by atoms with van der Waals surface area (Å²) in [6.07, 6.45) is 2.63. The monoisotopic (exact) mass is 129 g/mol. The van der Waals surface area contributed by atoms with Crippen molar-refractivity contribution in [3.8, 4) is 0 Å². The van der Waals surface area contributed by atoms with Crippen LogP contribution in [-0.4, -0.2) is 9.78 Å². The zero-order chi connectivity index (χ0) is 5.98. The van der Waals surface area contributed by atoms with Gasteiger partial charge in [0.05, 0.1) is 0 Å². The fraction of sp³-hybridized carbons (Fsp3) is 0.400. The van der Waals surface area contributed by atoms with Gasteiger partial charge >= 0.3 is 0 Å². The molecule has 43 valence electrons. The Kier molecular flexibility index (Phi) is 1.53. The van der Waals surface area contributed by atoms with Crippen molar-refractivity contribution in [1.82, 2.24) is 9.78 Å². The Morgan fingerprint density at radius 1 is 2.00 bits per heavy atom. The van der Waals surface area contributed by atoms with Crippen molar-refractivity contribution >= 4 is 11.6 Å². The molecule has 0 saturated heterocycles. The topological polar surface area (TPSA) is 17.8 Å². The van der Waals surface area contributed by atoms with Gasteiger partial charge in [-0.25, -0.2) is 0 Å². The van der Waals surface area contributed by atoms with Crippen molar-refractivity contribution in [3.05, 3.63) is 17.4 Å². The Hall–Kier alpha value is -0.500. The molecule has 1 radical (unpaired) electrons. The maximum absolute atomic E-state index is 5.61. The molecule has 0 aliphatic carbocycles. The lowest BCUT2D eigenvalue weighted by Crippen LogP contribution is -1.94. The summed E-state index contributed by atoms with van der Waals surface area (Å²) < 4.78 is 1.67. The molecule has 0 spiro atoms. The first-order valence-electron chi connectivity index (χ1n) is 2.44. The van der Waals surface area contributed by atoms with Crippen LogP contribution in [-0.2, 0) is 6.54 Å². The van der Waals surface area contributed by atoms with E-state index in [9.17, 15) is 0 Å². The molecule has 1 heterocycles. The maximum atomic E-state index is 5.61. The third kappa shape index (κ3) is 0.842. The molecule has 0 atom stereocenters. The van der Waals surface area contributed by atoms with E-state index >= 15 is 0 Å². The highest BCUT2D eigenvalue weighted by atomic mass is 35.5. The van der Waals surface area contributed by atoms with Gasteiger partial charge in [-0.15, -0.1) is 0 Å². The minimum atomic E-state index is 0.646. The summed E-state index contributed by atoms with van der Waals surface area (Å²) in [6, 6.07) is 1.64. The Labute approximate surface area is 53.1 Å². The minimum Gasteiger partial charge on any atom is -0.254 e. The van der Waals surface area contributed by atoms with E-state index in [1.807, 2.05) is 6.92 Å². The highest BCUT2D eigenvalue weighted by Gasteiger charge is 1.92. The molecule has 1 aromatic rings. The van der Waals surface area contributed by atoms with E-state index in [1.54, 1.807) is 10.7 Å². The summed E-state index contributed by atoms with van der Waals surface area (Å²) in [5.74, 6) is 0. The lowest BCUT2D eigenvalue weighted by atomic mass is 10.7. The molecule has 8 heavy (non-hydrogen) atoms. The fourth-order valence-electron chi connectivity index (χ4n) is 0.496. The first kappa shape index (κ1) is 5.63. The van der Waals surface area contributed by atoms with E-state index in [4.69, 9.17) is 11.6 Å². The van der Waals surface area contributed by atoms with E-state index in [-0.39, 0.29) is 0 Å². The van der Waals surface area contributed by atoms with E-state index in [1.165, 1.54) is 0 Å². The average molecular weight is 130 g/mol. The number of hydrogen-bond donors (Lipinski definition) is 0. The summed E-state index contributed by atoms with van der Waals surface area (Å²) in [4.78, 5) is 0. The van der Waals surface area contributed by atoms with Crippen LogP contribution in [0, 0.1) is 6.20 Å². The van der Waals surface area contributed by atoms with Crippen LogP contribution in [0.3, 0.4) is 0 Å². The molecule has 0 amide bonds. The van der Waals surface area contributed by atoms with E-state index in [0.29, 0.717) is 5.15 Å².